The molecule has 1 aliphatic rings. The van der Waals surface area contributed by atoms with Crippen molar-refractivity contribution in [2.75, 3.05) is 69.1 Å². The molecule has 1 fully saturated rings. The number of benzene rings is 2. The molecule has 2 N–H and O–H groups in total. The van der Waals surface area contributed by atoms with Crippen LogP contribution in [0, 0.1) is 0 Å². The van der Waals surface area contributed by atoms with Gasteiger partial charge in [-0.3, -0.25) is 9.69 Å². The molecule has 4 aromatic rings. The molecule has 2 aromatic carbocycles. The molecular weight excluding hydrogens is 545 g/mol. The Hall–Kier alpha value is -4.15. The van der Waals surface area contributed by atoms with Gasteiger partial charge in [0.25, 0.3) is 0 Å². The second-order valence-corrected chi connectivity index (χ2v) is 9.83. The predicted molar refractivity (Wildman–Crippen MR) is 166 cm³/mol. The summed E-state index contributed by atoms with van der Waals surface area (Å²) in [6.45, 7) is 6.83. The van der Waals surface area contributed by atoms with E-state index in [1.54, 1.807) is 13.3 Å². The lowest BCUT2D eigenvalue weighted by atomic mass is 10.1. The van der Waals surface area contributed by atoms with E-state index in [1.165, 1.54) is 6.08 Å². The zero-order valence-corrected chi connectivity index (χ0v) is 24.3. The molecule has 3 heterocycles. The maximum atomic E-state index is 12.7. The van der Waals surface area contributed by atoms with Crippen molar-refractivity contribution in [3.05, 3.63) is 66.5 Å². The smallest absolute Gasteiger partial charge is 0.227 e. The van der Waals surface area contributed by atoms with Crippen LogP contribution in [-0.4, -0.2) is 79.3 Å². The van der Waals surface area contributed by atoms with Gasteiger partial charge in [0.1, 0.15) is 18.7 Å². The van der Waals surface area contributed by atoms with Gasteiger partial charge >= 0.3 is 0 Å². The molecule has 0 bridgehead atoms. The number of piperazine rings is 1. The highest BCUT2D eigenvalue weighted by Crippen LogP contribution is 2.36. The molecule has 0 aliphatic carbocycles. The van der Waals surface area contributed by atoms with E-state index < -0.39 is 0 Å². The van der Waals surface area contributed by atoms with Crippen LogP contribution in [-0.2, 0) is 11.8 Å². The standard InChI is InChI=1S/C27H31ClFN7O.C3H4O/c1-30-18-4-7-25(37-3)23(14-18)32-27-31-16-22(28)26(33-27)21-17-34(2)24-15-19(5-6-20(21)24)36-12-10-35(9-8-29)11-13-36;1-2-3-4/h4-7,14-17,30H,8-13H2,1-3H3,(H,31,32,33);2-3H,1H2. The van der Waals surface area contributed by atoms with E-state index in [9.17, 15) is 4.39 Å². The first-order valence-corrected chi connectivity index (χ1v) is 13.6. The Morgan fingerprint density at radius 1 is 1.17 bits per heavy atom. The predicted octanol–water partition coefficient (Wildman–Crippen LogP) is 5.55. The van der Waals surface area contributed by atoms with Gasteiger partial charge in [0.05, 0.1) is 35.2 Å². The lowest BCUT2D eigenvalue weighted by Crippen LogP contribution is -2.47. The van der Waals surface area contributed by atoms with Gasteiger partial charge < -0.3 is 24.8 Å². The molecule has 0 amide bonds. The number of hydrogen-bond donors (Lipinski definition) is 2. The van der Waals surface area contributed by atoms with E-state index in [0.717, 1.165) is 59.7 Å². The third-order valence-corrected chi connectivity index (χ3v) is 7.22. The highest BCUT2D eigenvalue weighted by molar-refractivity contribution is 6.33. The number of carbonyl (C=O) groups excluding carboxylic acids is 1. The molecule has 11 heteroatoms. The van der Waals surface area contributed by atoms with Crippen LogP contribution in [0.25, 0.3) is 22.2 Å². The Kier molecular flexibility index (Phi) is 10.2. The third kappa shape index (κ3) is 6.96. The van der Waals surface area contributed by atoms with Gasteiger partial charge in [-0.2, -0.15) is 0 Å². The van der Waals surface area contributed by atoms with Crippen molar-refractivity contribution >= 4 is 51.8 Å². The number of rotatable bonds is 9. The number of anilines is 4. The van der Waals surface area contributed by atoms with Crippen LogP contribution < -0.4 is 20.3 Å². The minimum Gasteiger partial charge on any atom is -0.495 e. The van der Waals surface area contributed by atoms with Gasteiger partial charge in [-0.15, -0.1) is 0 Å². The Balaban J connectivity index is 0.000000909. The van der Waals surface area contributed by atoms with Crippen molar-refractivity contribution in [2.45, 2.75) is 0 Å². The molecule has 0 spiro atoms. The minimum absolute atomic E-state index is 0.295. The van der Waals surface area contributed by atoms with Gasteiger partial charge in [-0.1, -0.05) is 24.2 Å². The maximum absolute atomic E-state index is 12.7. The topological polar surface area (TPSA) is 87.5 Å². The monoisotopic (exact) mass is 579 g/mol. The third-order valence-electron chi connectivity index (χ3n) is 6.94. The average Bonchev–Trinajstić information content (AvgIpc) is 3.34. The number of methoxy groups -OCH3 is 1. The number of aryl methyl sites for hydroxylation is 1. The van der Waals surface area contributed by atoms with Crippen LogP contribution in [0.5, 0.6) is 5.75 Å². The quantitative estimate of drug-likeness (QED) is 0.197. The van der Waals surface area contributed by atoms with Gasteiger partial charge in [0.2, 0.25) is 5.95 Å². The summed E-state index contributed by atoms with van der Waals surface area (Å²) in [5.74, 6) is 1.10. The molecule has 0 saturated carbocycles. The Bertz CT molecular complexity index is 1500. The maximum Gasteiger partial charge on any atom is 0.227 e. The van der Waals surface area contributed by atoms with E-state index in [1.807, 2.05) is 38.5 Å². The molecule has 5 rings (SSSR count). The van der Waals surface area contributed by atoms with E-state index in [2.05, 4.69) is 54.8 Å². The van der Waals surface area contributed by atoms with Crippen molar-refractivity contribution in [1.29, 1.82) is 0 Å². The molecule has 9 nitrogen and oxygen atoms in total. The van der Waals surface area contributed by atoms with E-state index in [4.69, 9.17) is 26.1 Å². The fourth-order valence-electron chi connectivity index (χ4n) is 4.80. The minimum atomic E-state index is -0.295. The number of nitrogens with one attached hydrogen (secondary N) is 2. The number of fused-ring (bicyclic) bond motifs is 1. The van der Waals surface area contributed by atoms with Crippen molar-refractivity contribution in [1.82, 2.24) is 19.4 Å². The van der Waals surface area contributed by atoms with Crippen LogP contribution in [0.15, 0.2) is 61.4 Å². The highest BCUT2D eigenvalue weighted by atomic mass is 35.5. The molecule has 0 unspecified atom stereocenters. The Morgan fingerprint density at radius 2 is 1.93 bits per heavy atom. The van der Waals surface area contributed by atoms with Gasteiger partial charge in [-0.25, -0.2) is 14.4 Å². The van der Waals surface area contributed by atoms with Crippen LogP contribution in [0.3, 0.4) is 0 Å². The summed E-state index contributed by atoms with van der Waals surface area (Å²) in [5, 5.41) is 7.93. The van der Waals surface area contributed by atoms with Gasteiger partial charge in [-0.05, 0) is 36.4 Å². The number of aldehydes is 1. The average molecular weight is 580 g/mol. The lowest BCUT2D eigenvalue weighted by molar-refractivity contribution is -0.104. The van der Waals surface area contributed by atoms with Crippen LogP contribution in [0.4, 0.5) is 27.4 Å². The summed E-state index contributed by atoms with van der Waals surface area (Å²) in [6, 6.07) is 12.2. The SMILES string of the molecule is C=CC=O.CNc1ccc(OC)c(Nc2ncc(Cl)c(-c3cn(C)c4cc(N5CCN(CCF)CC5)ccc34)n2)c1. The summed E-state index contributed by atoms with van der Waals surface area (Å²) in [4.78, 5) is 22.8. The van der Waals surface area contributed by atoms with Crippen molar-refractivity contribution in [3.8, 4) is 17.0 Å². The molecule has 1 aliphatic heterocycles. The number of aromatic nitrogens is 3. The number of nitrogens with zero attached hydrogens (tertiary/aromatic N) is 5. The first-order chi connectivity index (χ1) is 19.9. The number of carbonyl (C=O) groups is 1. The fraction of sp³-hybridized carbons (Fsp3) is 0.300. The molecule has 216 valence electrons. The first kappa shape index (κ1) is 29.8. The van der Waals surface area contributed by atoms with Gasteiger partial charge in [0.15, 0.2) is 0 Å². The fourth-order valence-corrected chi connectivity index (χ4v) is 5.00. The van der Waals surface area contributed by atoms with E-state index in [0.29, 0.717) is 35.2 Å². The number of ether oxygens (including phenoxy) is 1. The molecule has 41 heavy (non-hydrogen) atoms. The summed E-state index contributed by atoms with van der Waals surface area (Å²) < 4.78 is 20.3. The molecule has 2 aromatic heterocycles. The molecule has 0 radical (unpaired) electrons. The second kappa shape index (κ2) is 14.0. The number of halogens is 2. The Labute approximate surface area is 244 Å². The van der Waals surface area contributed by atoms with Crippen LogP contribution in [0.1, 0.15) is 0 Å². The Morgan fingerprint density at radius 3 is 2.59 bits per heavy atom. The van der Waals surface area contributed by atoms with Crippen molar-refractivity contribution in [2.24, 2.45) is 7.05 Å². The van der Waals surface area contributed by atoms with Gasteiger partial charge in [0, 0.05) is 75.3 Å². The summed E-state index contributed by atoms with van der Waals surface area (Å²) >= 11 is 6.61. The lowest BCUT2D eigenvalue weighted by Gasteiger charge is -2.35. The summed E-state index contributed by atoms with van der Waals surface area (Å²) in [6.07, 6.45) is 5.50. The highest BCUT2D eigenvalue weighted by Gasteiger charge is 2.20. The van der Waals surface area contributed by atoms with E-state index in [-0.39, 0.29) is 6.67 Å². The number of alkyl halides is 1. The first-order valence-electron chi connectivity index (χ1n) is 13.3. The summed E-state index contributed by atoms with van der Waals surface area (Å²) in [7, 11) is 5.51. The largest absolute Gasteiger partial charge is 0.495 e. The van der Waals surface area contributed by atoms with Crippen LogP contribution >= 0.6 is 11.6 Å². The zero-order chi connectivity index (χ0) is 29.4. The number of hydrogen-bond acceptors (Lipinski definition) is 8. The molecule has 1 saturated heterocycles. The zero-order valence-electron chi connectivity index (χ0n) is 23.5. The van der Waals surface area contributed by atoms with Crippen LogP contribution in [0.2, 0.25) is 5.02 Å². The number of allylic oxidation sites excluding steroid dienone is 1. The molecular formula is C30H35ClFN7O2. The van der Waals surface area contributed by atoms with Crippen molar-refractivity contribution < 1.29 is 13.9 Å². The summed E-state index contributed by atoms with van der Waals surface area (Å²) in [5.41, 5.74) is 5.52. The normalized spacial score (nSPS) is 13.3. The second-order valence-electron chi connectivity index (χ2n) is 9.42. The van der Waals surface area contributed by atoms with Crippen molar-refractivity contribution in [3.63, 3.8) is 0 Å². The molecule has 0 atom stereocenters. The van der Waals surface area contributed by atoms with E-state index >= 15 is 0 Å².